The predicted molar refractivity (Wildman–Crippen MR) is 87.2 cm³/mol. The molecule has 0 aliphatic heterocycles. The fraction of sp³-hybridized carbons (Fsp3) is 0.400. The van der Waals surface area contributed by atoms with Crippen molar-refractivity contribution in [3.8, 4) is 5.69 Å². The van der Waals surface area contributed by atoms with E-state index in [0.717, 1.165) is 37.1 Å². The lowest BCUT2D eigenvalue weighted by Crippen LogP contribution is -2.34. The molecule has 3 N–H and O–H groups in total. The highest BCUT2D eigenvalue weighted by Gasteiger charge is 2.25. The Hall–Kier alpha value is -1.92. The molecule has 1 aliphatic carbocycles. The zero-order chi connectivity index (χ0) is 14.7. The van der Waals surface area contributed by atoms with Gasteiger partial charge in [-0.25, -0.2) is 0 Å². The summed E-state index contributed by atoms with van der Waals surface area (Å²) in [6.45, 7) is 0. The molecule has 6 nitrogen and oxygen atoms in total. The van der Waals surface area contributed by atoms with E-state index in [4.69, 9.17) is 5.73 Å². The number of nitrogens with two attached hydrogens (primary N) is 1. The third-order valence-corrected chi connectivity index (χ3v) is 3.87. The summed E-state index contributed by atoms with van der Waals surface area (Å²) in [6, 6.07) is 7.63. The van der Waals surface area contributed by atoms with Crippen LogP contribution >= 0.6 is 12.4 Å². The maximum absolute atomic E-state index is 12.2. The molecule has 0 spiro atoms. The van der Waals surface area contributed by atoms with Gasteiger partial charge in [0.15, 0.2) is 0 Å². The molecule has 1 fully saturated rings. The highest BCUT2D eigenvalue weighted by Crippen LogP contribution is 2.24. The van der Waals surface area contributed by atoms with Crippen molar-refractivity contribution in [2.45, 2.75) is 31.7 Å². The van der Waals surface area contributed by atoms with Gasteiger partial charge in [0.25, 0.3) is 0 Å². The first kappa shape index (κ1) is 16.5. The quantitative estimate of drug-likeness (QED) is 0.907. The van der Waals surface area contributed by atoms with Crippen molar-refractivity contribution in [2.75, 3.05) is 5.32 Å². The maximum atomic E-state index is 12.2. The minimum absolute atomic E-state index is 0. The molecule has 1 heterocycles. The summed E-state index contributed by atoms with van der Waals surface area (Å²) in [5, 5.41) is 11.1. The average Bonchev–Trinajstić information content (AvgIpc) is 3.02. The maximum Gasteiger partial charge on any atom is 0.227 e. The van der Waals surface area contributed by atoms with Gasteiger partial charge in [0.05, 0.1) is 18.1 Å². The largest absolute Gasteiger partial charge is 0.328 e. The minimum atomic E-state index is 0. The number of amides is 1. The van der Waals surface area contributed by atoms with Crippen LogP contribution in [0.4, 0.5) is 5.69 Å². The molecular weight excluding hydrogens is 302 g/mol. The van der Waals surface area contributed by atoms with Gasteiger partial charge >= 0.3 is 0 Å². The lowest BCUT2D eigenvalue weighted by molar-refractivity contribution is -0.120. The van der Waals surface area contributed by atoms with Gasteiger partial charge in [-0.2, -0.15) is 15.0 Å². The minimum Gasteiger partial charge on any atom is -0.328 e. The van der Waals surface area contributed by atoms with Crippen molar-refractivity contribution in [1.82, 2.24) is 15.0 Å². The number of hydrogen-bond acceptors (Lipinski definition) is 4. The van der Waals surface area contributed by atoms with Crippen LogP contribution in [0.25, 0.3) is 5.69 Å². The molecule has 7 heteroatoms. The second-order valence-electron chi connectivity index (χ2n) is 5.48. The number of halogens is 1. The first-order valence-electron chi connectivity index (χ1n) is 7.25. The summed E-state index contributed by atoms with van der Waals surface area (Å²) in [7, 11) is 0. The van der Waals surface area contributed by atoms with Crippen LogP contribution in [0.2, 0.25) is 0 Å². The second kappa shape index (κ2) is 7.38. The Kier molecular flexibility index (Phi) is 5.51. The Labute approximate surface area is 135 Å². The van der Waals surface area contributed by atoms with Crippen molar-refractivity contribution in [3.63, 3.8) is 0 Å². The fourth-order valence-electron chi connectivity index (χ4n) is 2.74. The van der Waals surface area contributed by atoms with E-state index >= 15 is 0 Å². The molecule has 3 rings (SSSR count). The van der Waals surface area contributed by atoms with Gasteiger partial charge in [-0.3, -0.25) is 4.79 Å². The smallest absolute Gasteiger partial charge is 0.227 e. The summed E-state index contributed by atoms with van der Waals surface area (Å²) in [6.07, 6.45) is 7.01. The fourth-order valence-corrected chi connectivity index (χ4v) is 2.74. The van der Waals surface area contributed by atoms with Gasteiger partial charge < -0.3 is 11.1 Å². The van der Waals surface area contributed by atoms with Crippen LogP contribution in [-0.2, 0) is 4.79 Å². The number of rotatable bonds is 3. The number of benzene rings is 1. The Balaban J connectivity index is 0.00000176. The second-order valence-corrected chi connectivity index (χ2v) is 5.48. The van der Waals surface area contributed by atoms with E-state index in [0.29, 0.717) is 0 Å². The Bertz CT molecular complexity index is 599. The van der Waals surface area contributed by atoms with Crippen LogP contribution in [0.1, 0.15) is 25.7 Å². The number of nitrogens with one attached hydrogen (secondary N) is 1. The zero-order valence-electron chi connectivity index (χ0n) is 12.2. The van der Waals surface area contributed by atoms with Crippen LogP contribution in [0.15, 0.2) is 36.7 Å². The van der Waals surface area contributed by atoms with Crippen LogP contribution in [0.3, 0.4) is 0 Å². The third kappa shape index (κ3) is 3.84. The summed E-state index contributed by atoms with van der Waals surface area (Å²) in [5.41, 5.74) is 7.58. The van der Waals surface area contributed by atoms with Crippen molar-refractivity contribution < 1.29 is 4.79 Å². The van der Waals surface area contributed by atoms with Crippen LogP contribution in [0.5, 0.6) is 0 Å². The molecule has 1 aromatic heterocycles. The number of hydrogen-bond donors (Lipinski definition) is 2. The van der Waals surface area contributed by atoms with Crippen LogP contribution in [-0.4, -0.2) is 26.9 Å². The Morgan fingerprint density at radius 3 is 2.50 bits per heavy atom. The Morgan fingerprint density at radius 1 is 1.18 bits per heavy atom. The van der Waals surface area contributed by atoms with Crippen molar-refractivity contribution in [1.29, 1.82) is 0 Å². The molecule has 1 aromatic carbocycles. The Morgan fingerprint density at radius 2 is 1.86 bits per heavy atom. The molecule has 2 aromatic rings. The van der Waals surface area contributed by atoms with E-state index in [1.54, 1.807) is 12.4 Å². The molecular formula is C15H20ClN5O. The third-order valence-electron chi connectivity index (χ3n) is 3.87. The standard InChI is InChI=1S/C15H19N5O.ClH/c16-12-3-1-2-11(10-12)15(21)19-13-4-6-14(7-5-13)20-17-8-9-18-20;/h4-9,11-12H,1-3,10,16H2,(H,19,21);1H. The van der Waals surface area contributed by atoms with Crippen LogP contribution < -0.4 is 11.1 Å². The molecule has 1 saturated carbocycles. The van der Waals surface area contributed by atoms with Gasteiger partial charge in [0.1, 0.15) is 0 Å². The summed E-state index contributed by atoms with van der Waals surface area (Å²) in [5.74, 6) is 0.0938. The molecule has 2 unspecified atom stereocenters. The average molecular weight is 322 g/mol. The number of carbonyl (C=O) groups excluding carboxylic acids is 1. The van der Waals surface area contributed by atoms with E-state index in [9.17, 15) is 4.79 Å². The monoisotopic (exact) mass is 321 g/mol. The highest BCUT2D eigenvalue weighted by molar-refractivity contribution is 5.92. The van der Waals surface area contributed by atoms with Crippen molar-refractivity contribution in [3.05, 3.63) is 36.7 Å². The number of nitrogens with zero attached hydrogens (tertiary/aromatic N) is 3. The van der Waals surface area contributed by atoms with E-state index < -0.39 is 0 Å². The SMILES string of the molecule is Cl.NC1CCCC(C(=O)Nc2ccc(-n3nccn3)cc2)C1. The van der Waals surface area contributed by atoms with Crippen molar-refractivity contribution in [2.24, 2.45) is 11.7 Å². The van der Waals surface area contributed by atoms with E-state index in [-0.39, 0.29) is 30.3 Å². The van der Waals surface area contributed by atoms with E-state index in [1.165, 1.54) is 4.80 Å². The summed E-state index contributed by atoms with van der Waals surface area (Å²) >= 11 is 0. The highest BCUT2D eigenvalue weighted by atomic mass is 35.5. The molecule has 118 valence electrons. The zero-order valence-corrected chi connectivity index (χ0v) is 13.0. The van der Waals surface area contributed by atoms with Gasteiger partial charge in [-0.1, -0.05) is 6.42 Å². The topological polar surface area (TPSA) is 85.8 Å². The molecule has 0 radical (unpaired) electrons. The van der Waals surface area contributed by atoms with E-state index in [1.807, 2.05) is 24.3 Å². The molecule has 0 bridgehead atoms. The molecule has 0 saturated heterocycles. The lowest BCUT2D eigenvalue weighted by Gasteiger charge is -2.25. The first-order chi connectivity index (χ1) is 10.2. The van der Waals surface area contributed by atoms with E-state index in [2.05, 4.69) is 15.5 Å². The molecule has 1 aliphatic rings. The number of anilines is 1. The van der Waals surface area contributed by atoms with Crippen LogP contribution in [0, 0.1) is 5.92 Å². The number of carbonyl (C=O) groups is 1. The first-order valence-corrected chi connectivity index (χ1v) is 7.25. The number of aromatic nitrogens is 3. The normalized spacial score (nSPS) is 21.0. The summed E-state index contributed by atoms with van der Waals surface area (Å²) in [4.78, 5) is 13.8. The summed E-state index contributed by atoms with van der Waals surface area (Å²) < 4.78 is 0. The van der Waals surface area contributed by atoms with Gasteiger partial charge in [0.2, 0.25) is 5.91 Å². The molecule has 2 atom stereocenters. The van der Waals surface area contributed by atoms with Gasteiger partial charge in [-0.15, -0.1) is 12.4 Å². The predicted octanol–water partition coefficient (Wildman–Crippen LogP) is 2.15. The van der Waals surface area contributed by atoms with Gasteiger partial charge in [-0.05, 0) is 43.5 Å². The van der Waals surface area contributed by atoms with Gasteiger partial charge in [0, 0.05) is 17.6 Å². The van der Waals surface area contributed by atoms with Crippen molar-refractivity contribution >= 4 is 24.0 Å². The lowest BCUT2D eigenvalue weighted by atomic mass is 9.85. The molecule has 22 heavy (non-hydrogen) atoms. The molecule has 1 amide bonds.